The fraction of sp³-hybridized carbons (Fsp3) is 0.625. The fourth-order valence-corrected chi connectivity index (χ4v) is 2.21. The number of hydrogen-bond donors (Lipinski definition) is 6. The molecule has 0 spiro atoms. The Labute approximate surface area is 132 Å². The van der Waals surface area contributed by atoms with Gasteiger partial charge in [0.1, 0.15) is 6.23 Å². The van der Waals surface area contributed by atoms with Gasteiger partial charge in [-0.3, -0.25) is 0 Å². The van der Waals surface area contributed by atoms with Crippen molar-refractivity contribution in [3.05, 3.63) is 29.8 Å². The molecule has 0 aliphatic heterocycles. The second kappa shape index (κ2) is 8.45. The van der Waals surface area contributed by atoms with Crippen LogP contribution in [0.25, 0.3) is 0 Å². The average Bonchev–Trinajstić information content (AvgIpc) is 2.48. The van der Waals surface area contributed by atoms with Crippen molar-refractivity contribution in [3.8, 4) is 0 Å². The van der Waals surface area contributed by atoms with Crippen LogP contribution in [0.4, 0.5) is 5.69 Å². The summed E-state index contributed by atoms with van der Waals surface area (Å²) in [5.41, 5.74) is 12.6. The molecule has 8 N–H and O–H groups in total. The monoisotopic (exact) mass is 311 g/mol. The first-order valence-corrected chi connectivity index (χ1v) is 7.67. The van der Waals surface area contributed by atoms with Gasteiger partial charge in [0.2, 0.25) is 0 Å². The van der Waals surface area contributed by atoms with Crippen molar-refractivity contribution in [2.24, 2.45) is 11.5 Å². The highest BCUT2D eigenvalue weighted by Gasteiger charge is 2.32. The Kier molecular flexibility index (Phi) is 7.25. The highest BCUT2D eigenvalue weighted by Crippen LogP contribution is 2.19. The molecule has 4 unspecified atom stereocenters. The lowest BCUT2D eigenvalue weighted by Gasteiger charge is -2.34. The molecule has 0 heterocycles. The van der Waals surface area contributed by atoms with Gasteiger partial charge in [0.25, 0.3) is 0 Å². The zero-order valence-corrected chi connectivity index (χ0v) is 13.4. The number of aliphatic hydroxyl groups is 3. The Hall–Kier alpha value is -1.18. The Morgan fingerprint density at radius 1 is 1.23 bits per heavy atom. The van der Waals surface area contributed by atoms with Crippen LogP contribution >= 0.6 is 0 Å². The van der Waals surface area contributed by atoms with Gasteiger partial charge in [-0.1, -0.05) is 19.1 Å². The van der Waals surface area contributed by atoms with Gasteiger partial charge >= 0.3 is 0 Å². The van der Waals surface area contributed by atoms with Gasteiger partial charge in [0.15, 0.2) is 0 Å². The van der Waals surface area contributed by atoms with Crippen LogP contribution in [0.15, 0.2) is 24.3 Å². The molecule has 0 fully saturated rings. The highest BCUT2D eigenvalue weighted by atomic mass is 16.3. The van der Waals surface area contributed by atoms with E-state index >= 15 is 0 Å². The molecule has 4 atom stereocenters. The zero-order chi connectivity index (χ0) is 16.8. The first-order chi connectivity index (χ1) is 10.3. The third kappa shape index (κ3) is 5.55. The molecule has 1 aromatic rings. The van der Waals surface area contributed by atoms with Crippen LogP contribution in [0.1, 0.15) is 32.3 Å². The third-order valence-corrected chi connectivity index (χ3v) is 3.90. The standard InChI is InChI=1S/C16H29N3O3/c1-3-13(17)14(21)10-16(2,18)15(22)19-12-6-4-11(5-7-12)8-9-20/h4-7,13-15,19-22H,3,8-10,17-18H2,1-2H3. The van der Waals surface area contributed by atoms with Crippen molar-refractivity contribution < 1.29 is 15.3 Å². The van der Waals surface area contributed by atoms with Crippen LogP contribution in [-0.2, 0) is 6.42 Å². The second-order valence-electron chi connectivity index (χ2n) is 6.07. The van der Waals surface area contributed by atoms with Gasteiger partial charge < -0.3 is 32.1 Å². The molecule has 0 aliphatic carbocycles. The maximum Gasteiger partial charge on any atom is 0.142 e. The Bertz CT molecular complexity index is 437. The van der Waals surface area contributed by atoms with E-state index in [-0.39, 0.29) is 19.1 Å². The largest absolute Gasteiger partial charge is 0.396 e. The molecular weight excluding hydrogens is 282 g/mol. The van der Waals surface area contributed by atoms with Crippen LogP contribution in [0.2, 0.25) is 0 Å². The van der Waals surface area contributed by atoms with Crippen LogP contribution in [0.3, 0.4) is 0 Å². The van der Waals surface area contributed by atoms with E-state index in [1.165, 1.54) is 0 Å². The minimum atomic E-state index is -1.02. The first-order valence-electron chi connectivity index (χ1n) is 7.67. The molecular formula is C16H29N3O3. The van der Waals surface area contributed by atoms with Crippen molar-refractivity contribution in [1.29, 1.82) is 0 Å². The lowest BCUT2D eigenvalue weighted by molar-refractivity contribution is 0.0532. The molecule has 22 heavy (non-hydrogen) atoms. The maximum absolute atomic E-state index is 10.3. The lowest BCUT2D eigenvalue weighted by Crippen LogP contribution is -2.55. The topological polar surface area (TPSA) is 125 Å². The predicted molar refractivity (Wildman–Crippen MR) is 88.3 cm³/mol. The Balaban J connectivity index is 2.63. The van der Waals surface area contributed by atoms with Crippen molar-refractivity contribution in [2.75, 3.05) is 11.9 Å². The molecule has 126 valence electrons. The first kappa shape index (κ1) is 18.9. The van der Waals surface area contributed by atoms with Gasteiger partial charge in [0.05, 0.1) is 11.6 Å². The number of nitrogens with two attached hydrogens (primary N) is 2. The summed E-state index contributed by atoms with van der Waals surface area (Å²) < 4.78 is 0. The van der Waals surface area contributed by atoms with Crippen LogP contribution < -0.4 is 16.8 Å². The summed E-state index contributed by atoms with van der Waals surface area (Å²) in [6, 6.07) is 7.03. The Morgan fingerprint density at radius 2 is 1.82 bits per heavy atom. The van der Waals surface area contributed by atoms with E-state index in [1.54, 1.807) is 6.92 Å². The summed E-state index contributed by atoms with van der Waals surface area (Å²) in [5.74, 6) is 0. The van der Waals surface area contributed by atoms with Gasteiger partial charge in [-0.25, -0.2) is 0 Å². The number of hydrogen-bond acceptors (Lipinski definition) is 6. The molecule has 0 aliphatic rings. The molecule has 0 aromatic heterocycles. The lowest BCUT2D eigenvalue weighted by atomic mass is 9.90. The van der Waals surface area contributed by atoms with E-state index in [1.807, 2.05) is 31.2 Å². The van der Waals surface area contributed by atoms with Gasteiger partial charge in [-0.15, -0.1) is 0 Å². The molecule has 1 aromatic carbocycles. The summed E-state index contributed by atoms with van der Waals surface area (Å²) in [5, 5.41) is 32.1. The summed E-state index contributed by atoms with van der Waals surface area (Å²) in [4.78, 5) is 0. The van der Waals surface area contributed by atoms with Crippen LogP contribution in [0.5, 0.6) is 0 Å². The summed E-state index contributed by atoms with van der Waals surface area (Å²) in [6.45, 7) is 3.67. The smallest absolute Gasteiger partial charge is 0.142 e. The number of aliphatic hydroxyl groups excluding tert-OH is 3. The molecule has 0 radical (unpaired) electrons. The summed E-state index contributed by atoms with van der Waals surface area (Å²) in [7, 11) is 0. The fourth-order valence-electron chi connectivity index (χ4n) is 2.21. The van der Waals surface area contributed by atoms with E-state index in [9.17, 15) is 10.2 Å². The number of rotatable bonds is 9. The molecule has 0 amide bonds. The zero-order valence-electron chi connectivity index (χ0n) is 13.4. The Morgan fingerprint density at radius 3 is 2.32 bits per heavy atom. The van der Waals surface area contributed by atoms with E-state index in [2.05, 4.69) is 5.32 Å². The average molecular weight is 311 g/mol. The molecule has 0 saturated carbocycles. The molecule has 6 nitrogen and oxygen atoms in total. The van der Waals surface area contributed by atoms with E-state index in [0.717, 1.165) is 11.3 Å². The highest BCUT2D eigenvalue weighted by molar-refractivity contribution is 5.45. The van der Waals surface area contributed by atoms with Crippen molar-refractivity contribution in [1.82, 2.24) is 0 Å². The van der Waals surface area contributed by atoms with E-state index in [0.29, 0.717) is 12.8 Å². The number of nitrogens with one attached hydrogen (secondary N) is 1. The van der Waals surface area contributed by atoms with Crippen LogP contribution in [0, 0.1) is 0 Å². The summed E-state index contributed by atoms with van der Waals surface area (Å²) in [6.07, 6.45) is -0.344. The number of benzene rings is 1. The minimum absolute atomic E-state index is 0.103. The van der Waals surface area contributed by atoms with Crippen molar-refractivity contribution in [3.63, 3.8) is 0 Å². The van der Waals surface area contributed by atoms with Gasteiger partial charge in [-0.2, -0.15) is 0 Å². The summed E-state index contributed by atoms with van der Waals surface area (Å²) >= 11 is 0. The third-order valence-electron chi connectivity index (χ3n) is 3.90. The second-order valence-corrected chi connectivity index (χ2v) is 6.07. The quantitative estimate of drug-likeness (QED) is 0.361. The SMILES string of the molecule is CCC(N)C(O)CC(C)(N)C(O)Nc1ccc(CCO)cc1. The van der Waals surface area contributed by atoms with E-state index < -0.39 is 17.9 Å². The predicted octanol–water partition coefficient (Wildman–Crippen LogP) is 0.157. The van der Waals surface area contributed by atoms with Crippen LogP contribution in [-0.4, -0.2) is 45.8 Å². The molecule has 6 heteroatoms. The van der Waals surface area contributed by atoms with Gasteiger partial charge in [0, 0.05) is 18.3 Å². The van der Waals surface area contributed by atoms with Gasteiger partial charge in [-0.05, 0) is 43.9 Å². The maximum atomic E-state index is 10.3. The van der Waals surface area contributed by atoms with Crippen molar-refractivity contribution in [2.45, 2.75) is 57.0 Å². The van der Waals surface area contributed by atoms with E-state index in [4.69, 9.17) is 16.6 Å². The molecule has 1 rings (SSSR count). The molecule has 0 bridgehead atoms. The normalized spacial score (nSPS) is 18.3. The van der Waals surface area contributed by atoms with Crippen molar-refractivity contribution >= 4 is 5.69 Å². The minimum Gasteiger partial charge on any atom is -0.396 e. The molecule has 0 saturated heterocycles. The number of anilines is 1.